The van der Waals surface area contributed by atoms with E-state index in [1.807, 2.05) is 0 Å². The largest absolute Gasteiger partial charge is 0.385 e. The molecule has 0 amide bonds. The Balaban J connectivity index is 2.23. The summed E-state index contributed by atoms with van der Waals surface area (Å²) < 4.78 is 0. The molecule has 0 aliphatic carbocycles. The van der Waals surface area contributed by atoms with E-state index in [4.69, 9.17) is 0 Å². The van der Waals surface area contributed by atoms with Crippen molar-refractivity contribution in [1.82, 2.24) is 0 Å². The van der Waals surface area contributed by atoms with Gasteiger partial charge in [0.05, 0.1) is 8.80 Å². The van der Waals surface area contributed by atoms with Crippen molar-refractivity contribution in [1.29, 1.82) is 0 Å². The van der Waals surface area contributed by atoms with Gasteiger partial charge >= 0.3 is 0 Å². The summed E-state index contributed by atoms with van der Waals surface area (Å²) in [7, 11) is -0.177. The molecule has 0 spiro atoms. The Morgan fingerprint density at radius 2 is 1.94 bits per heavy atom. The van der Waals surface area contributed by atoms with E-state index in [1.165, 1.54) is 29.9 Å². The second kappa shape index (κ2) is 5.04. The Kier molecular flexibility index (Phi) is 3.69. The van der Waals surface area contributed by atoms with Gasteiger partial charge in [-0.3, -0.25) is 0 Å². The van der Waals surface area contributed by atoms with Crippen LogP contribution in [0.5, 0.6) is 0 Å². The molecule has 16 heavy (non-hydrogen) atoms. The van der Waals surface area contributed by atoms with Crippen LogP contribution in [-0.2, 0) is 0 Å². The maximum absolute atomic E-state index is 3.62. The number of rotatable bonds is 3. The number of hydrogen-bond donors (Lipinski definition) is 1. The number of para-hydroxylation sites is 1. The molecule has 1 N–H and O–H groups in total. The van der Waals surface area contributed by atoms with Gasteiger partial charge in [0, 0.05) is 12.2 Å². The van der Waals surface area contributed by atoms with Gasteiger partial charge in [0.15, 0.2) is 0 Å². The normalized spacial score (nSPS) is 24.0. The van der Waals surface area contributed by atoms with Gasteiger partial charge in [-0.15, -0.1) is 0 Å². The number of hydrogen-bond acceptors (Lipinski definition) is 1. The minimum Gasteiger partial charge on any atom is -0.385 e. The van der Waals surface area contributed by atoms with E-state index in [0.717, 1.165) is 11.5 Å². The Hall–Kier alpha value is -0.763. The molecule has 1 nitrogen and oxygen atoms in total. The first kappa shape index (κ1) is 11.7. The van der Waals surface area contributed by atoms with Gasteiger partial charge in [-0.1, -0.05) is 51.1 Å². The molecule has 0 aromatic heterocycles. The quantitative estimate of drug-likeness (QED) is 0.773. The predicted molar refractivity (Wildman–Crippen MR) is 73.8 cm³/mol. The van der Waals surface area contributed by atoms with Gasteiger partial charge in [-0.25, -0.2) is 0 Å². The zero-order valence-electron chi connectivity index (χ0n) is 10.6. The molecule has 2 atom stereocenters. The highest BCUT2D eigenvalue weighted by Gasteiger charge is 2.31. The highest BCUT2D eigenvalue weighted by molar-refractivity contribution is 6.60. The highest BCUT2D eigenvalue weighted by atomic mass is 28.3. The first-order chi connectivity index (χ1) is 7.77. The van der Waals surface area contributed by atoms with E-state index in [-0.39, 0.29) is 8.80 Å². The summed E-state index contributed by atoms with van der Waals surface area (Å²) in [6.45, 7) is 8.34. The zero-order valence-corrected chi connectivity index (χ0v) is 11.6. The summed E-state index contributed by atoms with van der Waals surface area (Å²) in [4.78, 5) is 0. The second-order valence-corrected chi connectivity index (χ2v) is 8.20. The van der Waals surface area contributed by atoms with Crippen molar-refractivity contribution in [3.63, 3.8) is 0 Å². The van der Waals surface area contributed by atoms with E-state index >= 15 is 0 Å². The number of nitrogens with one attached hydrogen (secondary N) is 1. The lowest BCUT2D eigenvalue weighted by Gasteiger charge is -2.36. The van der Waals surface area contributed by atoms with Crippen molar-refractivity contribution in [3.8, 4) is 0 Å². The SMILES string of the molecule is CC[Si](CC)C1CNc2ccccc2C1C. The molecule has 0 bridgehead atoms. The molecule has 1 radical (unpaired) electrons. The average Bonchev–Trinajstić information content (AvgIpc) is 2.34. The monoisotopic (exact) mass is 232 g/mol. The maximum atomic E-state index is 3.62. The standard InChI is InChI=1S/C14H22NSi/c1-4-16(5-2)14-10-15-13-9-7-6-8-12(13)11(14)3/h6-9,11,14-15H,4-5,10H2,1-3H3. The van der Waals surface area contributed by atoms with Crippen LogP contribution in [0.25, 0.3) is 0 Å². The Morgan fingerprint density at radius 1 is 1.25 bits per heavy atom. The molecule has 2 rings (SSSR count). The minimum atomic E-state index is -0.177. The summed E-state index contributed by atoms with van der Waals surface area (Å²) in [6, 6.07) is 11.6. The van der Waals surface area contributed by atoms with Gasteiger partial charge in [0.2, 0.25) is 0 Å². The topological polar surface area (TPSA) is 12.0 Å². The lowest BCUT2D eigenvalue weighted by molar-refractivity contribution is 0.663. The molecule has 1 heterocycles. The van der Waals surface area contributed by atoms with E-state index < -0.39 is 0 Å². The fourth-order valence-corrected chi connectivity index (χ4v) is 5.77. The molecular formula is C14H22NSi. The van der Waals surface area contributed by atoms with Crippen LogP contribution in [0.1, 0.15) is 32.3 Å². The Labute approximate surface area is 101 Å². The van der Waals surface area contributed by atoms with Crippen molar-refractivity contribution >= 4 is 14.5 Å². The molecule has 2 heteroatoms. The summed E-state index contributed by atoms with van der Waals surface area (Å²) in [6.07, 6.45) is 0. The van der Waals surface area contributed by atoms with Gasteiger partial charge in [-0.2, -0.15) is 0 Å². The Morgan fingerprint density at radius 3 is 2.62 bits per heavy atom. The first-order valence-electron chi connectivity index (χ1n) is 6.45. The van der Waals surface area contributed by atoms with Crippen LogP contribution in [0.4, 0.5) is 5.69 Å². The lowest BCUT2D eigenvalue weighted by Crippen LogP contribution is -2.32. The third-order valence-electron chi connectivity index (χ3n) is 4.00. The molecule has 0 saturated carbocycles. The summed E-state index contributed by atoms with van der Waals surface area (Å²) in [5, 5.41) is 3.62. The molecule has 87 valence electrons. The van der Waals surface area contributed by atoms with E-state index in [0.29, 0.717) is 0 Å². The number of fused-ring (bicyclic) bond motifs is 1. The third kappa shape index (κ3) is 2.03. The zero-order chi connectivity index (χ0) is 11.5. The van der Waals surface area contributed by atoms with Gasteiger partial charge in [-0.05, 0) is 23.1 Å². The predicted octanol–water partition coefficient (Wildman–Crippen LogP) is 4.12. The molecule has 1 aromatic rings. The number of benzene rings is 1. The van der Waals surface area contributed by atoms with Crippen LogP contribution in [0.15, 0.2) is 24.3 Å². The maximum Gasteiger partial charge on any atom is 0.0534 e. The molecule has 2 unspecified atom stereocenters. The molecule has 0 fully saturated rings. The summed E-state index contributed by atoms with van der Waals surface area (Å²) >= 11 is 0. The van der Waals surface area contributed by atoms with Gasteiger partial charge in [0.1, 0.15) is 0 Å². The second-order valence-electron chi connectivity index (χ2n) is 4.73. The average molecular weight is 232 g/mol. The van der Waals surface area contributed by atoms with Crippen molar-refractivity contribution in [2.45, 2.75) is 44.3 Å². The first-order valence-corrected chi connectivity index (χ1v) is 8.44. The van der Waals surface area contributed by atoms with Crippen LogP contribution in [0.2, 0.25) is 17.6 Å². The molecular weight excluding hydrogens is 210 g/mol. The van der Waals surface area contributed by atoms with Crippen LogP contribution < -0.4 is 5.32 Å². The molecule has 1 aromatic carbocycles. The van der Waals surface area contributed by atoms with Crippen molar-refractivity contribution in [2.24, 2.45) is 0 Å². The molecule has 0 saturated heterocycles. The van der Waals surface area contributed by atoms with Crippen LogP contribution in [0.3, 0.4) is 0 Å². The number of anilines is 1. The van der Waals surface area contributed by atoms with Crippen LogP contribution in [-0.4, -0.2) is 15.3 Å². The van der Waals surface area contributed by atoms with E-state index in [1.54, 1.807) is 0 Å². The summed E-state index contributed by atoms with van der Waals surface area (Å²) in [5.74, 6) is 0.742. The minimum absolute atomic E-state index is 0.177. The van der Waals surface area contributed by atoms with E-state index in [2.05, 4.69) is 50.4 Å². The fraction of sp³-hybridized carbons (Fsp3) is 0.571. The van der Waals surface area contributed by atoms with Crippen LogP contribution >= 0.6 is 0 Å². The van der Waals surface area contributed by atoms with Crippen molar-refractivity contribution in [3.05, 3.63) is 29.8 Å². The smallest absolute Gasteiger partial charge is 0.0534 e. The molecule has 1 aliphatic rings. The van der Waals surface area contributed by atoms with Crippen molar-refractivity contribution in [2.75, 3.05) is 11.9 Å². The Bertz CT molecular complexity index is 346. The highest BCUT2D eigenvalue weighted by Crippen LogP contribution is 2.40. The fourth-order valence-electron chi connectivity index (χ4n) is 2.94. The molecule has 1 aliphatic heterocycles. The van der Waals surface area contributed by atoms with Crippen molar-refractivity contribution < 1.29 is 0 Å². The van der Waals surface area contributed by atoms with Gasteiger partial charge < -0.3 is 5.32 Å². The van der Waals surface area contributed by atoms with E-state index in [9.17, 15) is 0 Å². The van der Waals surface area contributed by atoms with Crippen LogP contribution in [0, 0.1) is 0 Å². The summed E-state index contributed by atoms with van der Waals surface area (Å²) in [5.41, 5.74) is 3.79. The third-order valence-corrected chi connectivity index (χ3v) is 7.57. The lowest BCUT2D eigenvalue weighted by atomic mass is 9.92. The van der Waals surface area contributed by atoms with Gasteiger partial charge in [0.25, 0.3) is 0 Å².